The van der Waals surface area contributed by atoms with E-state index in [0.29, 0.717) is 18.2 Å². The highest BCUT2D eigenvalue weighted by molar-refractivity contribution is 5.99. The second-order valence-electron chi connectivity index (χ2n) is 15.0. The molecule has 5 rings (SSSR count). The lowest BCUT2D eigenvalue weighted by molar-refractivity contribution is -0.137. The molecule has 1 aliphatic carbocycles. The number of anilines is 1. The number of rotatable bonds is 12. The molecule has 2 heterocycles. The number of morpholine rings is 1. The van der Waals surface area contributed by atoms with Gasteiger partial charge in [-0.2, -0.15) is 0 Å². The predicted octanol–water partition coefficient (Wildman–Crippen LogP) is 6.29. The minimum atomic E-state index is -0.266. The highest BCUT2D eigenvalue weighted by Crippen LogP contribution is 2.46. The van der Waals surface area contributed by atoms with E-state index < -0.39 is 0 Å². The Morgan fingerprint density at radius 2 is 1.75 bits per heavy atom. The van der Waals surface area contributed by atoms with Crippen molar-refractivity contribution in [2.75, 3.05) is 44.8 Å². The van der Waals surface area contributed by atoms with E-state index in [0.717, 1.165) is 107 Å². The highest BCUT2D eigenvalue weighted by atomic mass is 16.5. The number of benzene rings is 2. The van der Waals surface area contributed by atoms with Gasteiger partial charge in [-0.3, -0.25) is 14.5 Å². The third-order valence-corrected chi connectivity index (χ3v) is 12.3. The number of nitrogens with zero attached hydrogens (tertiary/aromatic N) is 2. The number of carbonyl (C=O) groups excluding carboxylic acids is 2. The molecule has 2 aliphatic heterocycles. The number of nitrogens with two attached hydrogens (primary N) is 1. The van der Waals surface area contributed by atoms with Crippen LogP contribution in [0.5, 0.6) is 0 Å². The molecule has 0 spiro atoms. The monoisotopic (exact) mass is 659 g/mol. The minimum Gasteiger partial charge on any atom is -0.379 e. The standard InChI is InChI=1S/C40H61N5O3/c1-7-9-18-40(8-2)28(4)36(39(47)43-29(40)5)25-42-38(46)35-23-32(24-37(27(35)3)44(6)34-16-14-33(41)15-17-34)31-12-10-30(11-13-31)26-45-19-21-48-22-20-45/h10-13,23-24,28-29,33-34,36H,7-9,14-22,25-26,41H2,1-6H3,(H,42,46)(H,43,47). The Hall–Kier alpha value is -2.94. The van der Waals surface area contributed by atoms with E-state index in [1.54, 1.807) is 0 Å². The van der Waals surface area contributed by atoms with Crippen LogP contribution in [0, 0.1) is 24.2 Å². The quantitative estimate of drug-likeness (QED) is 0.248. The van der Waals surface area contributed by atoms with Crippen molar-refractivity contribution in [3.05, 3.63) is 53.1 Å². The fourth-order valence-corrected chi connectivity index (χ4v) is 8.78. The molecule has 8 nitrogen and oxygen atoms in total. The van der Waals surface area contributed by atoms with E-state index in [-0.39, 0.29) is 41.1 Å². The van der Waals surface area contributed by atoms with Crippen LogP contribution >= 0.6 is 0 Å². The van der Waals surface area contributed by atoms with Crippen molar-refractivity contribution >= 4 is 17.5 Å². The summed E-state index contributed by atoms with van der Waals surface area (Å²) in [6.45, 7) is 15.7. The van der Waals surface area contributed by atoms with Gasteiger partial charge in [-0.15, -0.1) is 0 Å². The summed E-state index contributed by atoms with van der Waals surface area (Å²) < 4.78 is 5.52. The largest absolute Gasteiger partial charge is 0.379 e. The summed E-state index contributed by atoms with van der Waals surface area (Å²) in [5.41, 5.74) is 12.4. The van der Waals surface area contributed by atoms with Crippen molar-refractivity contribution < 1.29 is 14.3 Å². The van der Waals surface area contributed by atoms with Gasteiger partial charge in [-0.05, 0) is 98.1 Å². The van der Waals surface area contributed by atoms with E-state index in [2.05, 4.69) is 92.4 Å². The number of ether oxygens (including phenoxy) is 1. The Kier molecular flexibility index (Phi) is 12.2. The molecule has 0 aromatic heterocycles. The lowest BCUT2D eigenvalue weighted by atomic mass is 9.59. The fraction of sp³-hybridized carbons (Fsp3) is 0.650. The molecule has 4 unspecified atom stereocenters. The second kappa shape index (κ2) is 16.2. The number of amides is 2. The molecule has 3 aliphatic rings. The van der Waals surface area contributed by atoms with Crippen molar-refractivity contribution in [3.8, 4) is 11.1 Å². The molecule has 2 amide bonds. The van der Waals surface area contributed by atoms with E-state index >= 15 is 0 Å². The van der Waals surface area contributed by atoms with Crippen LogP contribution in [0.1, 0.15) is 101 Å². The van der Waals surface area contributed by atoms with Gasteiger partial charge in [-0.25, -0.2) is 0 Å². The molecule has 48 heavy (non-hydrogen) atoms. The number of unbranched alkanes of at least 4 members (excludes halogenated alkanes) is 1. The Labute approximate surface area is 289 Å². The Balaban J connectivity index is 1.41. The van der Waals surface area contributed by atoms with Crippen LogP contribution in [0.25, 0.3) is 11.1 Å². The molecule has 2 saturated heterocycles. The van der Waals surface area contributed by atoms with Gasteiger partial charge in [0.25, 0.3) is 5.91 Å². The zero-order valence-corrected chi connectivity index (χ0v) is 30.4. The summed E-state index contributed by atoms with van der Waals surface area (Å²) in [6.07, 6.45) is 8.49. The van der Waals surface area contributed by atoms with Crippen LogP contribution in [-0.4, -0.2) is 74.7 Å². The van der Waals surface area contributed by atoms with E-state index in [1.165, 1.54) is 5.56 Å². The summed E-state index contributed by atoms with van der Waals surface area (Å²) in [6, 6.07) is 13.8. The zero-order chi connectivity index (χ0) is 34.4. The molecule has 0 radical (unpaired) electrons. The lowest BCUT2D eigenvalue weighted by Gasteiger charge is -2.51. The smallest absolute Gasteiger partial charge is 0.251 e. The predicted molar refractivity (Wildman–Crippen MR) is 196 cm³/mol. The SMILES string of the molecule is CCCCC1(CC)C(C)NC(=O)C(CNC(=O)c2cc(-c3ccc(CN4CCOCC4)cc3)cc(N(C)C3CCC(N)CC3)c2C)C1C. The number of hydrogen-bond acceptors (Lipinski definition) is 6. The molecular weight excluding hydrogens is 598 g/mol. The van der Waals surface area contributed by atoms with Crippen molar-refractivity contribution in [1.82, 2.24) is 15.5 Å². The van der Waals surface area contributed by atoms with Crippen molar-refractivity contribution in [1.29, 1.82) is 0 Å². The molecule has 2 aromatic rings. The number of piperidine rings is 1. The Morgan fingerprint density at radius 3 is 2.40 bits per heavy atom. The summed E-state index contributed by atoms with van der Waals surface area (Å²) >= 11 is 0. The molecule has 8 heteroatoms. The van der Waals surface area contributed by atoms with E-state index in [4.69, 9.17) is 10.5 Å². The third-order valence-electron chi connectivity index (χ3n) is 12.3. The van der Waals surface area contributed by atoms with Crippen LogP contribution in [0.15, 0.2) is 36.4 Å². The summed E-state index contributed by atoms with van der Waals surface area (Å²) in [5, 5.41) is 6.53. The topological polar surface area (TPSA) is 99.9 Å². The van der Waals surface area contributed by atoms with E-state index in [9.17, 15) is 9.59 Å². The van der Waals surface area contributed by atoms with Gasteiger partial charge in [-0.1, -0.05) is 57.9 Å². The van der Waals surface area contributed by atoms with Gasteiger partial charge < -0.3 is 26.0 Å². The first-order valence-corrected chi connectivity index (χ1v) is 18.7. The first-order valence-electron chi connectivity index (χ1n) is 18.7. The molecular formula is C40H61N5O3. The molecule has 4 N–H and O–H groups in total. The Morgan fingerprint density at radius 1 is 1.06 bits per heavy atom. The van der Waals surface area contributed by atoms with Gasteiger partial charge in [0.05, 0.1) is 19.1 Å². The van der Waals surface area contributed by atoms with Crippen LogP contribution in [-0.2, 0) is 16.1 Å². The molecule has 0 bridgehead atoms. The van der Waals surface area contributed by atoms with Crippen molar-refractivity contribution in [3.63, 3.8) is 0 Å². The average Bonchev–Trinajstić information content (AvgIpc) is 3.09. The van der Waals surface area contributed by atoms with Gasteiger partial charge in [0.2, 0.25) is 5.91 Å². The Bertz CT molecular complexity index is 1380. The lowest BCUT2D eigenvalue weighted by Crippen LogP contribution is -2.61. The van der Waals surface area contributed by atoms with Crippen LogP contribution < -0.4 is 21.3 Å². The highest BCUT2D eigenvalue weighted by Gasteiger charge is 2.49. The summed E-state index contributed by atoms with van der Waals surface area (Å²) in [5.74, 6) is -0.166. The number of nitrogens with one attached hydrogen (secondary N) is 2. The summed E-state index contributed by atoms with van der Waals surface area (Å²) in [7, 11) is 2.16. The maximum absolute atomic E-state index is 14.1. The van der Waals surface area contributed by atoms with Crippen molar-refractivity contribution in [2.24, 2.45) is 23.0 Å². The van der Waals surface area contributed by atoms with Gasteiger partial charge in [0.15, 0.2) is 0 Å². The van der Waals surface area contributed by atoms with Gasteiger partial charge in [0.1, 0.15) is 0 Å². The molecule has 4 atom stereocenters. The summed E-state index contributed by atoms with van der Waals surface area (Å²) in [4.78, 5) is 32.3. The van der Waals surface area contributed by atoms with Crippen LogP contribution in [0.3, 0.4) is 0 Å². The van der Waals surface area contributed by atoms with Crippen LogP contribution in [0.2, 0.25) is 0 Å². The maximum Gasteiger partial charge on any atom is 0.251 e. The van der Waals surface area contributed by atoms with Crippen molar-refractivity contribution in [2.45, 2.75) is 111 Å². The second-order valence-corrected chi connectivity index (χ2v) is 15.0. The average molecular weight is 660 g/mol. The van der Waals surface area contributed by atoms with Gasteiger partial charge in [0, 0.05) is 62.6 Å². The number of hydrogen-bond donors (Lipinski definition) is 3. The molecule has 3 fully saturated rings. The minimum absolute atomic E-state index is 0.0293. The third kappa shape index (κ3) is 7.92. The molecule has 264 valence electrons. The maximum atomic E-state index is 14.1. The fourth-order valence-electron chi connectivity index (χ4n) is 8.78. The molecule has 2 aromatic carbocycles. The first kappa shape index (κ1) is 36.3. The van der Waals surface area contributed by atoms with Gasteiger partial charge >= 0.3 is 0 Å². The van der Waals surface area contributed by atoms with E-state index in [1.807, 2.05) is 6.07 Å². The zero-order valence-electron chi connectivity index (χ0n) is 30.4. The normalized spacial score (nSPS) is 28.1. The number of carbonyl (C=O) groups is 2. The first-order chi connectivity index (χ1) is 23.1. The van der Waals surface area contributed by atoms with Crippen LogP contribution in [0.4, 0.5) is 5.69 Å². The molecule has 1 saturated carbocycles.